The van der Waals surface area contributed by atoms with Crippen molar-refractivity contribution in [2.45, 2.75) is 70.8 Å². The molecule has 166 valence electrons. The van der Waals surface area contributed by atoms with E-state index in [2.05, 4.69) is 35.6 Å². The number of rotatable bonds is 13. The van der Waals surface area contributed by atoms with Crippen molar-refractivity contribution in [3.05, 3.63) is 11.9 Å². The number of ether oxygens (including phenoxy) is 1. The average Bonchev–Trinajstić information content (AvgIpc) is 3.18. The van der Waals surface area contributed by atoms with Crippen molar-refractivity contribution >= 4 is 9.84 Å². The van der Waals surface area contributed by atoms with Crippen LogP contribution in [-0.2, 0) is 27.7 Å². The highest BCUT2D eigenvalue weighted by molar-refractivity contribution is 7.91. The van der Waals surface area contributed by atoms with Crippen molar-refractivity contribution < 1.29 is 13.2 Å². The van der Waals surface area contributed by atoms with Gasteiger partial charge in [0, 0.05) is 26.2 Å². The van der Waals surface area contributed by atoms with Crippen molar-refractivity contribution in [1.82, 2.24) is 19.4 Å². The summed E-state index contributed by atoms with van der Waals surface area (Å²) in [4.78, 5) is 9.20. The molecule has 3 rings (SSSR count). The van der Waals surface area contributed by atoms with Gasteiger partial charge in [-0.2, -0.15) is 0 Å². The SMILES string of the molecule is CCN(CC)CCN(CC)Cc1cnc(S(=O)(=O)CC2CC2)n1CC1CCCO1. The summed E-state index contributed by atoms with van der Waals surface area (Å²) >= 11 is 0. The minimum absolute atomic E-state index is 0.0866. The van der Waals surface area contributed by atoms with Crippen molar-refractivity contribution in [1.29, 1.82) is 0 Å². The molecular formula is C21H38N4O3S. The van der Waals surface area contributed by atoms with Crippen LogP contribution in [0.1, 0.15) is 52.1 Å². The molecular weight excluding hydrogens is 388 g/mol. The third-order valence-corrected chi connectivity index (χ3v) is 7.99. The monoisotopic (exact) mass is 426 g/mol. The summed E-state index contributed by atoms with van der Waals surface area (Å²) in [6.45, 7) is 13.6. The van der Waals surface area contributed by atoms with Crippen molar-refractivity contribution in [3.63, 3.8) is 0 Å². The van der Waals surface area contributed by atoms with Gasteiger partial charge in [-0.1, -0.05) is 20.8 Å². The average molecular weight is 427 g/mol. The Hall–Kier alpha value is -0.960. The van der Waals surface area contributed by atoms with Crippen LogP contribution in [0, 0.1) is 5.92 Å². The second-order valence-corrected chi connectivity index (χ2v) is 10.3. The molecule has 29 heavy (non-hydrogen) atoms. The molecule has 2 fully saturated rings. The van der Waals surface area contributed by atoms with Crippen LogP contribution in [0.2, 0.25) is 0 Å². The third-order valence-electron chi connectivity index (χ3n) is 6.20. The number of imidazole rings is 1. The van der Waals surface area contributed by atoms with Crippen LogP contribution < -0.4 is 0 Å². The largest absolute Gasteiger partial charge is 0.376 e. The molecule has 1 unspecified atom stereocenters. The van der Waals surface area contributed by atoms with Crippen LogP contribution in [0.3, 0.4) is 0 Å². The molecule has 1 aromatic rings. The van der Waals surface area contributed by atoms with Gasteiger partial charge in [0.1, 0.15) is 0 Å². The molecule has 2 heterocycles. The molecule has 1 saturated carbocycles. The maximum absolute atomic E-state index is 13.0. The van der Waals surface area contributed by atoms with E-state index < -0.39 is 9.84 Å². The van der Waals surface area contributed by atoms with E-state index in [-0.39, 0.29) is 17.0 Å². The smallest absolute Gasteiger partial charge is 0.227 e. The predicted molar refractivity (Wildman–Crippen MR) is 115 cm³/mol. The first-order chi connectivity index (χ1) is 14.0. The van der Waals surface area contributed by atoms with Gasteiger partial charge in [0.2, 0.25) is 15.0 Å². The summed E-state index contributed by atoms with van der Waals surface area (Å²) in [6.07, 6.45) is 5.93. The molecule has 1 aromatic heterocycles. The van der Waals surface area contributed by atoms with E-state index in [1.165, 1.54) is 0 Å². The van der Waals surface area contributed by atoms with E-state index in [1.807, 2.05) is 4.57 Å². The molecule has 7 nitrogen and oxygen atoms in total. The highest BCUT2D eigenvalue weighted by atomic mass is 32.2. The highest BCUT2D eigenvalue weighted by Gasteiger charge is 2.33. The Morgan fingerprint density at radius 3 is 2.38 bits per heavy atom. The van der Waals surface area contributed by atoms with E-state index in [1.54, 1.807) is 6.20 Å². The second kappa shape index (κ2) is 10.4. The Labute approximate surface area is 176 Å². The van der Waals surface area contributed by atoms with Gasteiger partial charge in [-0.05, 0) is 51.2 Å². The number of likely N-dealkylation sites (N-methyl/N-ethyl adjacent to an activating group) is 2. The number of aromatic nitrogens is 2. The van der Waals surface area contributed by atoms with Gasteiger partial charge in [0.25, 0.3) is 0 Å². The van der Waals surface area contributed by atoms with E-state index in [0.29, 0.717) is 12.5 Å². The van der Waals surface area contributed by atoms with Crippen LogP contribution in [0.25, 0.3) is 0 Å². The summed E-state index contributed by atoms with van der Waals surface area (Å²) in [5, 5.41) is 0.245. The summed E-state index contributed by atoms with van der Waals surface area (Å²) in [7, 11) is -3.36. The summed E-state index contributed by atoms with van der Waals surface area (Å²) < 4.78 is 33.7. The zero-order chi connectivity index (χ0) is 20.9. The fourth-order valence-electron chi connectivity index (χ4n) is 4.02. The van der Waals surface area contributed by atoms with Crippen molar-refractivity contribution in [2.75, 3.05) is 45.1 Å². The highest BCUT2D eigenvalue weighted by Crippen LogP contribution is 2.32. The molecule has 0 amide bonds. The Morgan fingerprint density at radius 2 is 1.79 bits per heavy atom. The lowest BCUT2D eigenvalue weighted by molar-refractivity contribution is 0.0931. The molecule has 1 atom stereocenters. The standard InChI is InChI=1S/C21H38N4O3S/c1-4-23(5-2)11-12-24(6-3)15-19-14-22-21(29(26,27)17-18-9-10-18)25(19)16-20-8-7-13-28-20/h14,18,20H,4-13,15-17H2,1-3H3. The molecule has 8 heteroatoms. The van der Waals surface area contributed by atoms with Gasteiger partial charge < -0.3 is 14.2 Å². The minimum atomic E-state index is -3.36. The molecule has 0 aromatic carbocycles. The normalized spacial score (nSPS) is 20.2. The molecule has 0 radical (unpaired) electrons. The quantitative estimate of drug-likeness (QED) is 0.483. The van der Waals surface area contributed by atoms with Crippen molar-refractivity contribution in [3.8, 4) is 0 Å². The molecule has 0 N–H and O–H groups in total. The summed E-state index contributed by atoms with van der Waals surface area (Å²) in [6, 6.07) is 0. The lowest BCUT2D eigenvalue weighted by Gasteiger charge is -2.26. The molecule has 1 aliphatic carbocycles. The number of sulfone groups is 1. The van der Waals surface area contributed by atoms with E-state index in [4.69, 9.17) is 4.74 Å². The number of nitrogens with zero attached hydrogens (tertiary/aromatic N) is 4. The van der Waals surface area contributed by atoms with Gasteiger partial charge in [-0.25, -0.2) is 13.4 Å². The Bertz CT molecular complexity index is 735. The van der Waals surface area contributed by atoms with E-state index in [9.17, 15) is 8.42 Å². The minimum Gasteiger partial charge on any atom is -0.376 e. The lowest BCUT2D eigenvalue weighted by Crippen LogP contribution is -2.35. The maximum atomic E-state index is 13.0. The summed E-state index contributed by atoms with van der Waals surface area (Å²) in [5.41, 5.74) is 0.983. The molecule has 2 aliphatic rings. The van der Waals surface area contributed by atoms with Crippen LogP contribution in [0.15, 0.2) is 11.4 Å². The first kappa shape index (κ1) is 22.7. The Balaban J connectivity index is 1.77. The number of hydrogen-bond donors (Lipinski definition) is 0. The predicted octanol–water partition coefficient (Wildman–Crippen LogP) is 2.41. The van der Waals surface area contributed by atoms with Crippen LogP contribution in [0.5, 0.6) is 0 Å². The summed E-state index contributed by atoms with van der Waals surface area (Å²) in [5.74, 6) is 0.548. The van der Waals surface area contributed by atoms with Crippen molar-refractivity contribution in [2.24, 2.45) is 5.92 Å². The first-order valence-electron chi connectivity index (χ1n) is 11.3. The van der Waals surface area contributed by atoms with E-state index >= 15 is 0 Å². The van der Waals surface area contributed by atoms with E-state index in [0.717, 1.165) is 77.3 Å². The number of hydrogen-bond acceptors (Lipinski definition) is 6. The molecule has 1 saturated heterocycles. The zero-order valence-corrected chi connectivity index (χ0v) is 19.2. The second-order valence-electron chi connectivity index (χ2n) is 8.40. The van der Waals surface area contributed by atoms with Gasteiger partial charge in [-0.15, -0.1) is 0 Å². The topological polar surface area (TPSA) is 67.7 Å². The van der Waals surface area contributed by atoms with Gasteiger partial charge >= 0.3 is 0 Å². The first-order valence-corrected chi connectivity index (χ1v) is 13.0. The fraction of sp³-hybridized carbons (Fsp3) is 0.857. The van der Waals surface area contributed by atoms with Gasteiger partial charge in [0.15, 0.2) is 0 Å². The third kappa shape index (κ3) is 6.26. The lowest BCUT2D eigenvalue weighted by atomic mass is 10.2. The Morgan fingerprint density at radius 1 is 1.10 bits per heavy atom. The molecule has 0 spiro atoms. The van der Waals surface area contributed by atoms with Gasteiger partial charge in [-0.3, -0.25) is 4.90 Å². The molecule has 1 aliphatic heterocycles. The molecule has 0 bridgehead atoms. The van der Waals surface area contributed by atoms with Crippen LogP contribution >= 0.6 is 0 Å². The van der Waals surface area contributed by atoms with Crippen LogP contribution in [-0.4, -0.2) is 79.0 Å². The fourth-order valence-corrected chi connectivity index (χ4v) is 5.87. The zero-order valence-electron chi connectivity index (χ0n) is 18.3. The van der Waals surface area contributed by atoms with Crippen LogP contribution in [0.4, 0.5) is 0 Å². The Kier molecular flexibility index (Phi) is 8.13. The van der Waals surface area contributed by atoms with Gasteiger partial charge in [0.05, 0.1) is 30.3 Å². The maximum Gasteiger partial charge on any atom is 0.227 e.